The molecule has 2 heterocycles. The number of thiocarbonyl (C=S) groups is 1. The summed E-state index contributed by atoms with van der Waals surface area (Å²) >= 11 is 7.50. The van der Waals surface area contributed by atoms with Crippen LogP contribution in [0.25, 0.3) is 0 Å². The summed E-state index contributed by atoms with van der Waals surface area (Å²) in [7, 11) is 0. The van der Waals surface area contributed by atoms with Crippen LogP contribution in [0.2, 0.25) is 0 Å². The smallest absolute Gasteiger partial charge is 0.323 e. The lowest BCUT2D eigenvalue weighted by Gasteiger charge is -2.31. The maximum atomic E-state index is 12.5. The fourth-order valence-electron chi connectivity index (χ4n) is 2.34. The Bertz CT molecular complexity index is 612. The van der Waals surface area contributed by atoms with Crippen LogP contribution in [0, 0.1) is 0 Å². The third-order valence-corrected chi connectivity index (χ3v) is 6.39. The van der Waals surface area contributed by atoms with Crippen molar-refractivity contribution in [3.63, 3.8) is 0 Å². The Morgan fingerprint density at radius 2 is 2.09 bits per heavy atom. The van der Waals surface area contributed by atoms with Crippen LogP contribution < -0.4 is 0 Å². The zero-order valence-corrected chi connectivity index (χ0v) is 14.8. The number of likely N-dealkylation sites (N-methyl/N-ethyl adjacent to an activating group) is 1. The summed E-state index contributed by atoms with van der Waals surface area (Å²) < 4.78 is 0.222. The van der Waals surface area contributed by atoms with Gasteiger partial charge in [-0.1, -0.05) is 41.8 Å². The number of carboxylic acids is 1. The topological polar surface area (TPSA) is 81.1 Å². The van der Waals surface area contributed by atoms with E-state index in [1.807, 2.05) is 13.8 Å². The molecule has 2 N–H and O–H groups in total. The normalized spacial score (nSPS) is 30.8. The van der Waals surface area contributed by atoms with Gasteiger partial charge in [-0.2, -0.15) is 0 Å². The van der Waals surface area contributed by atoms with Crippen molar-refractivity contribution in [3.05, 3.63) is 20.9 Å². The second-order valence-corrected chi connectivity index (χ2v) is 7.48. The van der Waals surface area contributed by atoms with Crippen LogP contribution >= 0.6 is 35.7 Å². The first-order valence-corrected chi connectivity index (χ1v) is 8.62. The third-order valence-electron chi connectivity index (χ3n) is 3.36. The van der Waals surface area contributed by atoms with Gasteiger partial charge in [0.15, 0.2) is 5.72 Å². The molecule has 0 saturated carbocycles. The molecular formula is C13H16N2O4S3. The first kappa shape index (κ1) is 17.3. The van der Waals surface area contributed by atoms with Crippen LogP contribution in [0.15, 0.2) is 20.9 Å². The monoisotopic (exact) mass is 360 g/mol. The lowest BCUT2D eigenvalue weighted by Crippen LogP contribution is -2.41. The van der Waals surface area contributed by atoms with E-state index in [1.54, 1.807) is 17.9 Å². The summed E-state index contributed by atoms with van der Waals surface area (Å²) in [5.41, 5.74) is -1.18. The van der Waals surface area contributed by atoms with E-state index in [1.165, 1.54) is 11.8 Å². The second-order valence-electron chi connectivity index (χ2n) is 4.81. The fourth-order valence-corrected chi connectivity index (χ4v) is 5.04. The maximum Gasteiger partial charge on any atom is 0.323 e. The van der Waals surface area contributed by atoms with Crippen molar-refractivity contribution < 1.29 is 19.8 Å². The molecule has 1 unspecified atom stereocenters. The van der Waals surface area contributed by atoms with Crippen LogP contribution in [-0.2, 0) is 9.59 Å². The minimum Gasteiger partial charge on any atom is -0.480 e. The molecule has 2 saturated heterocycles. The quantitative estimate of drug-likeness (QED) is 0.582. The highest BCUT2D eigenvalue weighted by atomic mass is 32.2. The highest BCUT2D eigenvalue weighted by molar-refractivity contribution is 8.27. The summed E-state index contributed by atoms with van der Waals surface area (Å²) in [5.74, 6) is -1.54. The molecule has 0 aliphatic carbocycles. The van der Waals surface area contributed by atoms with Crippen molar-refractivity contribution in [2.24, 2.45) is 0 Å². The van der Waals surface area contributed by atoms with Gasteiger partial charge in [-0.3, -0.25) is 14.5 Å². The summed E-state index contributed by atoms with van der Waals surface area (Å²) in [5, 5.41) is 20.1. The van der Waals surface area contributed by atoms with E-state index in [9.17, 15) is 14.7 Å². The maximum absolute atomic E-state index is 12.5. The van der Waals surface area contributed by atoms with E-state index >= 15 is 0 Å². The lowest BCUT2D eigenvalue weighted by molar-refractivity contribution is -0.140. The van der Waals surface area contributed by atoms with Gasteiger partial charge in [-0.25, -0.2) is 0 Å². The predicted octanol–water partition coefficient (Wildman–Crippen LogP) is 1.78. The number of nitrogens with zero attached hydrogens (tertiary/aromatic N) is 2. The Kier molecular flexibility index (Phi) is 4.90. The highest BCUT2D eigenvalue weighted by Crippen LogP contribution is 2.51. The predicted molar refractivity (Wildman–Crippen MR) is 90.9 cm³/mol. The molecule has 0 aromatic carbocycles. The number of aliphatic hydroxyl groups is 1. The molecule has 2 fully saturated rings. The summed E-state index contributed by atoms with van der Waals surface area (Å²) in [4.78, 5) is 27.2. The fraction of sp³-hybridized carbons (Fsp3) is 0.462. The van der Waals surface area contributed by atoms with Gasteiger partial charge in [0.1, 0.15) is 15.8 Å². The molecule has 0 aromatic rings. The molecule has 1 atom stereocenters. The first-order chi connectivity index (χ1) is 10.2. The van der Waals surface area contributed by atoms with Gasteiger partial charge in [0.25, 0.3) is 5.91 Å². The number of aliphatic carboxylic acids is 1. The van der Waals surface area contributed by atoms with E-state index in [0.717, 1.165) is 21.6 Å². The SMILES string of the molecule is C/C=C1/S/C(=C2\SC(=S)N(CC(=O)O)C2=O)N(CC)C1(C)O. The molecule has 1 amide bonds. The van der Waals surface area contributed by atoms with Crippen LogP contribution in [0.1, 0.15) is 20.8 Å². The number of hydrogen-bond donors (Lipinski definition) is 2. The average Bonchev–Trinajstić information content (AvgIpc) is 2.85. The number of carboxylic acid groups (broad SMARTS) is 1. The molecule has 6 nitrogen and oxygen atoms in total. The Labute approximate surface area is 142 Å². The number of thioether (sulfide) groups is 2. The minimum atomic E-state index is -1.18. The zero-order chi connectivity index (χ0) is 16.7. The molecule has 120 valence electrons. The van der Waals surface area contributed by atoms with Crippen molar-refractivity contribution in [2.75, 3.05) is 13.1 Å². The van der Waals surface area contributed by atoms with Crippen LogP contribution in [-0.4, -0.2) is 55.0 Å². The van der Waals surface area contributed by atoms with Crippen molar-refractivity contribution in [1.82, 2.24) is 9.80 Å². The molecule has 2 rings (SSSR count). The second kappa shape index (κ2) is 6.23. The van der Waals surface area contributed by atoms with Gasteiger partial charge in [0.2, 0.25) is 0 Å². The number of hydrogen-bond acceptors (Lipinski definition) is 7. The molecule has 22 heavy (non-hydrogen) atoms. The van der Waals surface area contributed by atoms with Gasteiger partial charge < -0.3 is 15.1 Å². The van der Waals surface area contributed by atoms with Crippen LogP contribution in [0.4, 0.5) is 0 Å². The van der Waals surface area contributed by atoms with E-state index in [2.05, 4.69) is 0 Å². The lowest BCUT2D eigenvalue weighted by atomic mass is 10.2. The number of carbonyl (C=O) groups excluding carboxylic acids is 1. The number of carbonyl (C=O) groups is 2. The molecule has 9 heteroatoms. The molecule has 0 aromatic heterocycles. The molecule has 2 aliphatic heterocycles. The Balaban J connectivity index is 2.45. The van der Waals surface area contributed by atoms with Gasteiger partial charge in [0, 0.05) is 11.4 Å². The van der Waals surface area contributed by atoms with Crippen molar-refractivity contribution >= 4 is 51.9 Å². The molecule has 0 spiro atoms. The molecule has 0 radical (unpaired) electrons. The Morgan fingerprint density at radius 3 is 2.59 bits per heavy atom. The van der Waals surface area contributed by atoms with E-state index in [4.69, 9.17) is 17.3 Å². The first-order valence-electron chi connectivity index (χ1n) is 6.58. The molecule has 0 bridgehead atoms. The van der Waals surface area contributed by atoms with Gasteiger partial charge in [0.05, 0.1) is 5.03 Å². The summed E-state index contributed by atoms with van der Waals surface area (Å²) in [6.45, 7) is 5.43. The van der Waals surface area contributed by atoms with Crippen LogP contribution in [0.3, 0.4) is 0 Å². The van der Waals surface area contributed by atoms with Gasteiger partial charge >= 0.3 is 5.97 Å². The molecule has 2 aliphatic rings. The number of amides is 1. The highest BCUT2D eigenvalue weighted by Gasteiger charge is 2.46. The standard InChI is InChI=1S/C13H16N2O4S3/c1-4-7-13(3,19)15(5-2)11(21-7)9-10(18)14(6-8(16)17)12(20)22-9/h4,19H,5-6H2,1-3H3,(H,16,17)/b7-4+,11-9-. The zero-order valence-electron chi connectivity index (χ0n) is 12.3. The van der Waals surface area contributed by atoms with E-state index < -0.39 is 24.1 Å². The summed E-state index contributed by atoms with van der Waals surface area (Å²) in [6.07, 6.45) is 1.80. The van der Waals surface area contributed by atoms with Crippen molar-refractivity contribution in [3.8, 4) is 0 Å². The average molecular weight is 360 g/mol. The number of rotatable bonds is 3. The van der Waals surface area contributed by atoms with Crippen LogP contribution in [0.5, 0.6) is 0 Å². The van der Waals surface area contributed by atoms with Gasteiger partial charge in [-0.15, -0.1) is 0 Å². The minimum absolute atomic E-state index is 0.222. The van der Waals surface area contributed by atoms with E-state index in [-0.39, 0.29) is 4.32 Å². The summed E-state index contributed by atoms with van der Waals surface area (Å²) in [6, 6.07) is 0. The van der Waals surface area contributed by atoms with Crippen molar-refractivity contribution in [2.45, 2.75) is 26.5 Å². The van der Waals surface area contributed by atoms with Gasteiger partial charge in [-0.05, 0) is 20.8 Å². The van der Waals surface area contributed by atoms with Crippen molar-refractivity contribution in [1.29, 1.82) is 0 Å². The largest absolute Gasteiger partial charge is 0.480 e. The number of allylic oxidation sites excluding steroid dienone is 1. The molecular weight excluding hydrogens is 344 g/mol. The Hall–Kier alpha value is -1.03. The Morgan fingerprint density at radius 1 is 1.45 bits per heavy atom. The third kappa shape index (κ3) is 2.78. The van der Waals surface area contributed by atoms with E-state index in [0.29, 0.717) is 16.5 Å².